The number of para-hydroxylation sites is 1. The summed E-state index contributed by atoms with van der Waals surface area (Å²) < 4.78 is 0. The van der Waals surface area contributed by atoms with Crippen LogP contribution < -0.4 is 9.80 Å². The van der Waals surface area contributed by atoms with Crippen molar-refractivity contribution in [2.75, 3.05) is 16.8 Å². The number of anilines is 3. The van der Waals surface area contributed by atoms with Crippen LogP contribution in [0.15, 0.2) is 73.1 Å². The van der Waals surface area contributed by atoms with E-state index in [4.69, 9.17) is 0 Å². The van der Waals surface area contributed by atoms with Crippen molar-refractivity contribution in [2.24, 2.45) is 0 Å². The molecule has 2 aromatic carbocycles. The first-order valence-corrected chi connectivity index (χ1v) is 8.56. The predicted molar refractivity (Wildman–Crippen MR) is 104 cm³/mol. The van der Waals surface area contributed by atoms with Crippen molar-refractivity contribution in [1.82, 2.24) is 9.97 Å². The lowest BCUT2D eigenvalue weighted by molar-refractivity contribution is 0.671. The van der Waals surface area contributed by atoms with Crippen LogP contribution in [0.2, 0.25) is 0 Å². The average Bonchev–Trinajstić information content (AvgIpc) is 2.67. The van der Waals surface area contributed by atoms with Gasteiger partial charge in [-0.15, -0.1) is 0 Å². The maximum absolute atomic E-state index is 4.52. The third kappa shape index (κ3) is 4.15. The van der Waals surface area contributed by atoms with E-state index in [2.05, 4.69) is 76.1 Å². The molecule has 25 heavy (non-hydrogen) atoms. The van der Waals surface area contributed by atoms with Crippen molar-refractivity contribution >= 4 is 17.3 Å². The van der Waals surface area contributed by atoms with Gasteiger partial charge in [0.1, 0.15) is 18.0 Å². The monoisotopic (exact) mass is 332 g/mol. The Morgan fingerprint density at radius 1 is 0.840 bits per heavy atom. The largest absolute Gasteiger partial charge is 0.350 e. The van der Waals surface area contributed by atoms with Gasteiger partial charge in [-0.05, 0) is 31.5 Å². The fourth-order valence-corrected chi connectivity index (χ4v) is 2.77. The first kappa shape index (κ1) is 17.0. The van der Waals surface area contributed by atoms with Gasteiger partial charge in [-0.2, -0.15) is 0 Å². The van der Waals surface area contributed by atoms with E-state index >= 15 is 0 Å². The molecule has 3 aromatic rings. The second kappa shape index (κ2) is 7.79. The molecule has 0 saturated heterocycles. The smallest absolute Gasteiger partial charge is 0.138 e. The summed E-state index contributed by atoms with van der Waals surface area (Å²) in [6.07, 6.45) is 1.64. The van der Waals surface area contributed by atoms with Crippen LogP contribution in [0.1, 0.15) is 19.4 Å². The Kier molecular flexibility index (Phi) is 5.29. The molecule has 3 rings (SSSR count). The molecule has 0 amide bonds. The lowest BCUT2D eigenvalue weighted by atomic mass is 10.2. The van der Waals surface area contributed by atoms with Crippen LogP contribution in [0, 0.1) is 0 Å². The Hall–Kier alpha value is -2.88. The van der Waals surface area contributed by atoms with E-state index in [1.807, 2.05) is 31.3 Å². The summed E-state index contributed by atoms with van der Waals surface area (Å²) in [6.45, 7) is 5.20. The van der Waals surface area contributed by atoms with Crippen LogP contribution in [0.3, 0.4) is 0 Å². The van der Waals surface area contributed by atoms with Gasteiger partial charge in [-0.3, -0.25) is 0 Å². The lowest BCUT2D eigenvalue weighted by Gasteiger charge is -2.29. The van der Waals surface area contributed by atoms with Crippen molar-refractivity contribution in [2.45, 2.75) is 26.4 Å². The normalized spacial score (nSPS) is 10.7. The van der Waals surface area contributed by atoms with E-state index in [-0.39, 0.29) is 0 Å². The van der Waals surface area contributed by atoms with Gasteiger partial charge in [0.2, 0.25) is 0 Å². The Balaban J connectivity index is 1.88. The van der Waals surface area contributed by atoms with Gasteiger partial charge in [-0.1, -0.05) is 48.5 Å². The van der Waals surface area contributed by atoms with Crippen LogP contribution in [-0.4, -0.2) is 23.1 Å². The van der Waals surface area contributed by atoms with Crippen molar-refractivity contribution in [3.63, 3.8) is 0 Å². The molecule has 1 heterocycles. The molecule has 128 valence electrons. The molecule has 0 aliphatic carbocycles. The molecule has 4 heteroatoms. The number of nitrogens with zero attached hydrogens (tertiary/aromatic N) is 4. The zero-order valence-electron chi connectivity index (χ0n) is 15.0. The molecule has 0 aliphatic heterocycles. The van der Waals surface area contributed by atoms with Gasteiger partial charge in [0.15, 0.2) is 0 Å². The summed E-state index contributed by atoms with van der Waals surface area (Å²) in [5.74, 6) is 1.82. The van der Waals surface area contributed by atoms with E-state index in [1.54, 1.807) is 6.33 Å². The lowest BCUT2D eigenvalue weighted by Crippen LogP contribution is -2.31. The summed E-state index contributed by atoms with van der Waals surface area (Å²) >= 11 is 0. The maximum atomic E-state index is 4.52. The van der Waals surface area contributed by atoms with Crippen molar-refractivity contribution in [1.29, 1.82) is 0 Å². The van der Waals surface area contributed by atoms with Gasteiger partial charge in [0.05, 0.1) is 0 Å². The minimum Gasteiger partial charge on any atom is -0.350 e. The zero-order valence-corrected chi connectivity index (χ0v) is 15.0. The summed E-state index contributed by atoms with van der Waals surface area (Å²) in [7, 11) is 2.03. The fraction of sp³-hybridized carbons (Fsp3) is 0.238. The molecule has 0 saturated carbocycles. The molecule has 0 spiro atoms. The van der Waals surface area contributed by atoms with Crippen molar-refractivity contribution < 1.29 is 0 Å². The fourth-order valence-electron chi connectivity index (χ4n) is 2.77. The van der Waals surface area contributed by atoms with Crippen molar-refractivity contribution in [3.8, 4) is 0 Å². The zero-order chi connectivity index (χ0) is 17.6. The van der Waals surface area contributed by atoms with E-state index < -0.39 is 0 Å². The third-order valence-electron chi connectivity index (χ3n) is 4.24. The van der Waals surface area contributed by atoms with E-state index in [0.29, 0.717) is 6.04 Å². The predicted octanol–water partition coefficient (Wildman–Crippen LogP) is 4.66. The Labute approximate surface area is 149 Å². The molecule has 0 radical (unpaired) electrons. The minimum absolute atomic E-state index is 0.338. The highest BCUT2D eigenvalue weighted by molar-refractivity contribution is 5.61. The Morgan fingerprint density at radius 2 is 1.44 bits per heavy atom. The number of benzene rings is 2. The first-order chi connectivity index (χ1) is 12.1. The molecular formula is C21H24N4. The van der Waals surface area contributed by atoms with Crippen molar-refractivity contribution in [3.05, 3.63) is 78.6 Å². The highest BCUT2D eigenvalue weighted by Gasteiger charge is 2.15. The van der Waals surface area contributed by atoms with Crippen LogP contribution in [0.5, 0.6) is 0 Å². The van der Waals surface area contributed by atoms with Crippen LogP contribution in [0.25, 0.3) is 0 Å². The molecule has 4 nitrogen and oxygen atoms in total. The van der Waals surface area contributed by atoms with E-state index in [0.717, 1.165) is 23.9 Å². The summed E-state index contributed by atoms with van der Waals surface area (Å²) in [5.41, 5.74) is 2.37. The second-order valence-electron chi connectivity index (χ2n) is 6.34. The Bertz CT molecular complexity index is 787. The molecule has 0 N–H and O–H groups in total. The SMILES string of the molecule is CC(C)N(Cc1ccccc1)c1cc(N(C)c2ccccc2)ncn1. The number of hydrogen-bond donors (Lipinski definition) is 0. The molecule has 0 aliphatic rings. The topological polar surface area (TPSA) is 32.3 Å². The Morgan fingerprint density at radius 3 is 2.08 bits per heavy atom. The van der Waals surface area contributed by atoms with Gasteiger partial charge in [0.25, 0.3) is 0 Å². The summed E-state index contributed by atoms with van der Waals surface area (Å²) in [5, 5.41) is 0. The summed E-state index contributed by atoms with van der Waals surface area (Å²) in [6, 6.07) is 23.1. The molecule has 0 bridgehead atoms. The van der Waals surface area contributed by atoms with E-state index in [9.17, 15) is 0 Å². The van der Waals surface area contributed by atoms with Gasteiger partial charge in [0, 0.05) is 31.4 Å². The number of aromatic nitrogens is 2. The van der Waals surface area contributed by atoms with E-state index in [1.165, 1.54) is 5.56 Å². The second-order valence-corrected chi connectivity index (χ2v) is 6.34. The molecule has 0 fully saturated rings. The van der Waals surface area contributed by atoms with Crippen LogP contribution in [0.4, 0.5) is 17.3 Å². The average molecular weight is 332 g/mol. The molecule has 0 unspecified atom stereocenters. The molecule has 0 atom stereocenters. The van der Waals surface area contributed by atoms with Gasteiger partial charge >= 0.3 is 0 Å². The van der Waals surface area contributed by atoms with Crippen LogP contribution >= 0.6 is 0 Å². The molecular weight excluding hydrogens is 308 g/mol. The van der Waals surface area contributed by atoms with Crippen LogP contribution in [-0.2, 0) is 6.54 Å². The standard InChI is InChI=1S/C21H24N4/c1-17(2)25(15-18-10-6-4-7-11-18)21-14-20(22-16-23-21)24(3)19-12-8-5-9-13-19/h4-14,16-17H,15H2,1-3H3. The third-order valence-corrected chi connectivity index (χ3v) is 4.24. The molecule has 1 aromatic heterocycles. The van der Waals surface area contributed by atoms with Gasteiger partial charge in [-0.25, -0.2) is 9.97 Å². The highest BCUT2D eigenvalue weighted by atomic mass is 15.2. The first-order valence-electron chi connectivity index (χ1n) is 8.56. The number of rotatable bonds is 6. The summed E-state index contributed by atoms with van der Waals surface area (Å²) in [4.78, 5) is 13.3. The quantitative estimate of drug-likeness (QED) is 0.657. The van der Waals surface area contributed by atoms with Gasteiger partial charge < -0.3 is 9.80 Å². The maximum Gasteiger partial charge on any atom is 0.138 e. The minimum atomic E-state index is 0.338. The highest BCUT2D eigenvalue weighted by Crippen LogP contribution is 2.25. The number of hydrogen-bond acceptors (Lipinski definition) is 4.